The zero-order valence-electron chi connectivity index (χ0n) is 6.98. The summed E-state index contributed by atoms with van der Waals surface area (Å²) in [6.07, 6.45) is 2.52. The van der Waals surface area contributed by atoms with Crippen LogP contribution in [0.25, 0.3) is 0 Å². The average Bonchev–Trinajstić information content (AvgIpc) is 2.28. The largest absolute Gasteiger partial charge is 0.124 e. The summed E-state index contributed by atoms with van der Waals surface area (Å²) in [7, 11) is 0. The summed E-state index contributed by atoms with van der Waals surface area (Å²) in [5, 5.41) is 0. The molecule has 0 bridgehead atoms. The van der Waals surface area contributed by atoms with Crippen LogP contribution in [0.2, 0.25) is 0 Å². The first-order valence-corrected chi connectivity index (χ1v) is 5.17. The van der Waals surface area contributed by atoms with E-state index in [0.29, 0.717) is 11.8 Å². The second kappa shape index (κ2) is 2.29. The van der Waals surface area contributed by atoms with Gasteiger partial charge < -0.3 is 0 Å². The molecule has 0 spiro atoms. The Kier molecular flexibility index (Phi) is 1.71. The van der Waals surface area contributed by atoms with Gasteiger partial charge in [0, 0.05) is 0 Å². The van der Waals surface area contributed by atoms with Gasteiger partial charge in [0.2, 0.25) is 0 Å². The van der Waals surface area contributed by atoms with Crippen LogP contribution in [0, 0.1) is 23.7 Å². The quantitative estimate of drug-likeness (QED) is 0.559. The third-order valence-corrected chi connectivity index (χ3v) is 4.54. The van der Waals surface area contributed by atoms with E-state index in [1.807, 2.05) is 0 Å². The van der Waals surface area contributed by atoms with Crippen LogP contribution in [0.5, 0.6) is 0 Å². The fourth-order valence-electron chi connectivity index (χ4n) is 2.40. The first-order chi connectivity index (χ1) is 5.03. The topological polar surface area (TPSA) is 0 Å². The third-order valence-electron chi connectivity index (χ3n) is 3.42. The molecule has 0 heterocycles. The molecule has 2 aliphatic carbocycles. The Bertz CT molecular complexity index is 160. The molecule has 64 valence electrons. The van der Waals surface area contributed by atoms with Crippen LogP contribution in [0.15, 0.2) is 0 Å². The second-order valence-electron chi connectivity index (χ2n) is 4.36. The minimum absolute atomic E-state index is 0.328. The van der Waals surface area contributed by atoms with Crippen LogP contribution in [-0.4, -0.2) is 4.33 Å². The maximum absolute atomic E-state index is 6.04. The molecule has 0 aliphatic heterocycles. The van der Waals surface area contributed by atoms with E-state index in [2.05, 4.69) is 13.8 Å². The molecule has 2 fully saturated rings. The van der Waals surface area contributed by atoms with Crippen molar-refractivity contribution in [3.05, 3.63) is 0 Å². The Balaban J connectivity index is 1.95. The molecule has 0 aromatic rings. The predicted octanol–water partition coefficient (Wildman–Crippen LogP) is 3.47. The van der Waals surface area contributed by atoms with Crippen molar-refractivity contribution >= 4 is 23.2 Å². The standard InChI is InChI=1S/C9H14Cl2/c1-5(2)6-3-7-8(4-6)9(7,10)11/h5-8H,3-4H2,1-2H3. The van der Waals surface area contributed by atoms with Gasteiger partial charge in [-0.25, -0.2) is 0 Å². The summed E-state index contributed by atoms with van der Waals surface area (Å²) in [5.74, 6) is 2.94. The highest BCUT2D eigenvalue weighted by atomic mass is 35.5. The summed E-state index contributed by atoms with van der Waals surface area (Å²) < 4.78 is -0.328. The molecule has 2 aliphatic rings. The molecule has 0 nitrogen and oxygen atoms in total. The van der Waals surface area contributed by atoms with Gasteiger partial charge in [-0.05, 0) is 36.5 Å². The van der Waals surface area contributed by atoms with E-state index in [0.717, 1.165) is 11.8 Å². The molecule has 2 atom stereocenters. The number of alkyl halides is 2. The van der Waals surface area contributed by atoms with Gasteiger partial charge in [-0.1, -0.05) is 13.8 Å². The van der Waals surface area contributed by atoms with Crippen molar-refractivity contribution in [2.75, 3.05) is 0 Å². The number of hydrogen-bond acceptors (Lipinski definition) is 0. The zero-order chi connectivity index (χ0) is 8.22. The monoisotopic (exact) mass is 192 g/mol. The number of halogens is 2. The number of hydrogen-bond donors (Lipinski definition) is 0. The fraction of sp³-hybridized carbons (Fsp3) is 1.00. The summed E-state index contributed by atoms with van der Waals surface area (Å²) in [5.41, 5.74) is 0. The van der Waals surface area contributed by atoms with Gasteiger partial charge in [-0.15, -0.1) is 23.2 Å². The van der Waals surface area contributed by atoms with E-state index in [4.69, 9.17) is 23.2 Å². The Morgan fingerprint density at radius 2 is 1.64 bits per heavy atom. The summed E-state index contributed by atoms with van der Waals surface area (Å²) in [6, 6.07) is 0. The van der Waals surface area contributed by atoms with Gasteiger partial charge in [0.05, 0.1) is 0 Å². The number of fused-ring (bicyclic) bond motifs is 1. The molecule has 2 saturated carbocycles. The second-order valence-corrected chi connectivity index (χ2v) is 5.81. The Morgan fingerprint density at radius 3 is 2.00 bits per heavy atom. The van der Waals surface area contributed by atoms with Gasteiger partial charge in [0.15, 0.2) is 0 Å². The van der Waals surface area contributed by atoms with Gasteiger partial charge in [0.25, 0.3) is 0 Å². The van der Waals surface area contributed by atoms with Crippen LogP contribution < -0.4 is 0 Å². The van der Waals surface area contributed by atoms with Gasteiger partial charge in [-0.3, -0.25) is 0 Å². The lowest BCUT2D eigenvalue weighted by molar-refractivity contribution is 0.358. The summed E-state index contributed by atoms with van der Waals surface area (Å²) >= 11 is 12.1. The zero-order valence-corrected chi connectivity index (χ0v) is 8.49. The van der Waals surface area contributed by atoms with Gasteiger partial charge in [-0.2, -0.15) is 0 Å². The first-order valence-electron chi connectivity index (χ1n) is 4.41. The van der Waals surface area contributed by atoms with Crippen LogP contribution in [0.4, 0.5) is 0 Å². The summed E-state index contributed by atoms with van der Waals surface area (Å²) in [4.78, 5) is 0. The van der Waals surface area contributed by atoms with Gasteiger partial charge >= 0.3 is 0 Å². The van der Waals surface area contributed by atoms with Crippen molar-refractivity contribution in [3.63, 3.8) is 0 Å². The van der Waals surface area contributed by atoms with Crippen LogP contribution in [0.1, 0.15) is 26.7 Å². The lowest BCUT2D eigenvalue weighted by Gasteiger charge is -2.18. The summed E-state index contributed by atoms with van der Waals surface area (Å²) in [6.45, 7) is 4.58. The number of rotatable bonds is 1. The van der Waals surface area contributed by atoms with E-state index in [1.165, 1.54) is 12.8 Å². The van der Waals surface area contributed by atoms with Crippen molar-refractivity contribution in [1.82, 2.24) is 0 Å². The molecule has 0 saturated heterocycles. The van der Waals surface area contributed by atoms with E-state index < -0.39 is 0 Å². The Hall–Kier alpha value is 0.580. The maximum Gasteiger partial charge on any atom is 0.124 e. The lowest BCUT2D eigenvalue weighted by Crippen LogP contribution is -2.11. The lowest BCUT2D eigenvalue weighted by atomic mass is 9.91. The fourth-order valence-corrected chi connectivity index (χ4v) is 3.23. The van der Waals surface area contributed by atoms with Crippen molar-refractivity contribution in [3.8, 4) is 0 Å². The molecule has 0 aromatic carbocycles. The van der Waals surface area contributed by atoms with E-state index in [-0.39, 0.29) is 4.33 Å². The molecule has 0 N–H and O–H groups in total. The van der Waals surface area contributed by atoms with Crippen molar-refractivity contribution in [2.45, 2.75) is 31.0 Å². The molecule has 0 aromatic heterocycles. The highest BCUT2D eigenvalue weighted by Crippen LogP contribution is 2.69. The van der Waals surface area contributed by atoms with Crippen molar-refractivity contribution < 1.29 is 0 Å². The minimum Gasteiger partial charge on any atom is -0.101 e. The molecule has 0 radical (unpaired) electrons. The van der Waals surface area contributed by atoms with Gasteiger partial charge in [0.1, 0.15) is 4.33 Å². The SMILES string of the molecule is CC(C)C1CC2C(C1)C2(Cl)Cl. The van der Waals surface area contributed by atoms with Crippen molar-refractivity contribution in [2.24, 2.45) is 23.7 Å². The highest BCUT2D eigenvalue weighted by Gasteiger charge is 2.66. The highest BCUT2D eigenvalue weighted by molar-refractivity contribution is 6.51. The van der Waals surface area contributed by atoms with Crippen LogP contribution >= 0.6 is 23.2 Å². The molecular formula is C9H14Cl2. The smallest absolute Gasteiger partial charge is 0.101 e. The Labute approximate surface area is 78.3 Å². The minimum atomic E-state index is -0.328. The average molecular weight is 193 g/mol. The molecule has 2 unspecified atom stereocenters. The van der Waals surface area contributed by atoms with E-state index in [1.54, 1.807) is 0 Å². The molecule has 2 rings (SSSR count). The molecule has 11 heavy (non-hydrogen) atoms. The van der Waals surface area contributed by atoms with E-state index in [9.17, 15) is 0 Å². The normalized spacial score (nSPS) is 46.1. The third kappa shape index (κ3) is 1.10. The molecule has 0 amide bonds. The van der Waals surface area contributed by atoms with Crippen LogP contribution in [0.3, 0.4) is 0 Å². The van der Waals surface area contributed by atoms with E-state index >= 15 is 0 Å². The molecular weight excluding hydrogens is 179 g/mol. The van der Waals surface area contributed by atoms with Crippen LogP contribution in [-0.2, 0) is 0 Å². The maximum atomic E-state index is 6.04. The van der Waals surface area contributed by atoms with Crippen molar-refractivity contribution in [1.29, 1.82) is 0 Å². The first kappa shape index (κ1) is 8.19. The molecule has 2 heteroatoms. The predicted molar refractivity (Wildman–Crippen MR) is 49.0 cm³/mol. The Morgan fingerprint density at radius 1 is 1.18 bits per heavy atom.